The van der Waals surface area contributed by atoms with Crippen LogP contribution in [-0.4, -0.2) is 25.8 Å². The van der Waals surface area contributed by atoms with Gasteiger partial charge in [0.05, 0.1) is 15.6 Å². The van der Waals surface area contributed by atoms with Crippen LogP contribution in [0, 0.1) is 0 Å². The summed E-state index contributed by atoms with van der Waals surface area (Å²) in [4.78, 5) is 0. The van der Waals surface area contributed by atoms with Gasteiger partial charge in [-0.1, -0.05) is 90.7 Å². The van der Waals surface area contributed by atoms with Crippen molar-refractivity contribution < 1.29 is 9.26 Å². The van der Waals surface area contributed by atoms with Crippen LogP contribution in [-0.2, 0) is 6.61 Å². The number of benzene rings is 4. The fourth-order valence-electron chi connectivity index (χ4n) is 4.67. The third-order valence-electron chi connectivity index (χ3n) is 6.58. The highest BCUT2D eigenvalue weighted by Crippen LogP contribution is 2.39. The van der Waals surface area contributed by atoms with Crippen molar-refractivity contribution in [2.45, 2.75) is 26.4 Å². The molecule has 0 atom stereocenters. The average molecular weight is 556 g/mol. The number of rotatable bonds is 7. The number of ether oxygens (including phenoxy) is 1. The number of fused-ring (bicyclic) bond motifs is 1. The van der Waals surface area contributed by atoms with Crippen molar-refractivity contribution in [1.29, 1.82) is 0 Å². The topological polar surface area (TPSA) is 89.7 Å². The molecular weight excluding hydrogens is 533 g/mol. The van der Waals surface area contributed by atoms with E-state index in [2.05, 4.69) is 50.0 Å². The van der Waals surface area contributed by atoms with Crippen LogP contribution in [0.3, 0.4) is 0 Å². The fourth-order valence-corrected chi connectivity index (χ4v) is 5.25. The molecule has 0 saturated heterocycles. The van der Waals surface area contributed by atoms with Gasteiger partial charge < -0.3 is 9.26 Å². The number of hydrogen-bond acceptors (Lipinski definition) is 6. The number of nitrogens with one attached hydrogen (secondary N) is 1. The first-order valence-corrected chi connectivity index (χ1v) is 13.2. The summed E-state index contributed by atoms with van der Waals surface area (Å²) in [6, 6.07) is 25.8. The molecule has 1 N–H and O–H groups in total. The molecule has 0 fully saturated rings. The van der Waals surface area contributed by atoms with E-state index in [-0.39, 0.29) is 12.5 Å². The van der Waals surface area contributed by atoms with Crippen molar-refractivity contribution in [2.75, 3.05) is 0 Å². The Kier molecular flexibility index (Phi) is 6.77. The molecule has 0 aliphatic heterocycles. The van der Waals surface area contributed by atoms with E-state index < -0.39 is 0 Å². The van der Waals surface area contributed by atoms with Gasteiger partial charge in [-0.15, -0.1) is 10.2 Å². The lowest BCUT2D eigenvalue weighted by Crippen LogP contribution is -2.01. The zero-order valence-electron chi connectivity index (χ0n) is 21.2. The van der Waals surface area contributed by atoms with E-state index in [1.54, 1.807) is 18.2 Å². The van der Waals surface area contributed by atoms with Crippen LogP contribution in [0.2, 0.25) is 10.0 Å². The minimum absolute atomic E-state index is 0.113. The first-order chi connectivity index (χ1) is 19.0. The van der Waals surface area contributed by atoms with Crippen LogP contribution in [0.15, 0.2) is 83.4 Å². The molecule has 6 rings (SSSR count). The number of aromatic nitrogens is 5. The highest BCUT2D eigenvalue weighted by atomic mass is 35.5. The zero-order valence-corrected chi connectivity index (χ0v) is 22.7. The molecule has 0 aliphatic carbocycles. The Morgan fingerprint density at radius 2 is 1.64 bits per heavy atom. The number of tetrazole rings is 1. The van der Waals surface area contributed by atoms with Gasteiger partial charge in [0.15, 0.2) is 0 Å². The van der Waals surface area contributed by atoms with Crippen molar-refractivity contribution in [1.82, 2.24) is 25.8 Å². The van der Waals surface area contributed by atoms with Gasteiger partial charge in [-0.2, -0.15) is 5.21 Å². The predicted octanol–water partition coefficient (Wildman–Crippen LogP) is 8.35. The van der Waals surface area contributed by atoms with Crippen LogP contribution in [0.5, 0.6) is 5.75 Å². The lowest BCUT2D eigenvalue weighted by Gasteiger charge is -2.11. The van der Waals surface area contributed by atoms with Gasteiger partial charge in [0.1, 0.15) is 23.8 Å². The Balaban J connectivity index is 1.25. The summed E-state index contributed by atoms with van der Waals surface area (Å²) in [7, 11) is 0. The number of halogens is 2. The molecule has 0 radical (unpaired) electrons. The largest absolute Gasteiger partial charge is 0.489 e. The molecule has 0 bridgehead atoms. The van der Waals surface area contributed by atoms with Crippen LogP contribution < -0.4 is 4.74 Å². The summed E-state index contributed by atoms with van der Waals surface area (Å²) in [6.45, 7) is 4.36. The van der Waals surface area contributed by atoms with Crippen molar-refractivity contribution in [3.05, 3.63) is 100 Å². The maximum Gasteiger partial charge on any atom is 0.205 e. The summed E-state index contributed by atoms with van der Waals surface area (Å²) >= 11 is 12.9. The lowest BCUT2D eigenvalue weighted by atomic mass is 9.98. The maximum absolute atomic E-state index is 6.47. The molecular formula is C30H23Cl2N5O2. The molecule has 0 aliphatic rings. The SMILES string of the molecule is CC(C)c1onc(-c2c(Cl)cccc2Cl)c1COc1ccc(-c2ccc3c(-c4nn[nH]n4)cccc3c2)cc1. The molecule has 0 amide bonds. The summed E-state index contributed by atoms with van der Waals surface area (Å²) in [5.74, 6) is 2.16. The van der Waals surface area contributed by atoms with E-state index in [0.717, 1.165) is 44.5 Å². The van der Waals surface area contributed by atoms with Gasteiger partial charge in [0, 0.05) is 17.0 Å². The lowest BCUT2D eigenvalue weighted by molar-refractivity contribution is 0.298. The van der Waals surface area contributed by atoms with Gasteiger partial charge in [-0.25, -0.2) is 0 Å². The third-order valence-corrected chi connectivity index (χ3v) is 7.21. The first-order valence-electron chi connectivity index (χ1n) is 12.4. The molecule has 4 aromatic carbocycles. The normalized spacial score (nSPS) is 11.4. The Morgan fingerprint density at radius 3 is 2.36 bits per heavy atom. The second kappa shape index (κ2) is 10.5. The van der Waals surface area contributed by atoms with E-state index in [4.69, 9.17) is 32.5 Å². The zero-order chi connectivity index (χ0) is 26.9. The van der Waals surface area contributed by atoms with E-state index in [9.17, 15) is 0 Å². The number of nitrogens with zero attached hydrogens (tertiary/aromatic N) is 4. The molecule has 9 heteroatoms. The average Bonchev–Trinajstić information content (AvgIpc) is 3.62. The van der Waals surface area contributed by atoms with Crippen LogP contribution in [0.4, 0.5) is 0 Å². The highest BCUT2D eigenvalue weighted by molar-refractivity contribution is 6.39. The fraction of sp³-hybridized carbons (Fsp3) is 0.133. The van der Waals surface area contributed by atoms with Crippen molar-refractivity contribution in [2.24, 2.45) is 0 Å². The predicted molar refractivity (Wildman–Crippen MR) is 153 cm³/mol. The van der Waals surface area contributed by atoms with Gasteiger partial charge >= 0.3 is 0 Å². The second-order valence-electron chi connectivity index (χ2n) is 9.42. The van der Waals surface area contributed by atoms with E-state index >= 15 is 0 Å². The standard InChI is InChI=1S/C30H23Cl2N5O2/c1-17(2)29-24(28(35-39-29)27-25(31)7-4-8-26(27)32)16-38-21-12-9-18(10-13-21)19-11-14-22-20(15-19)5-3-6-23(22)30-33-36-37-34-30/h3-15,17H,16H2,1-2H3,(H,33,34,36,37). The van der Waals surface area contributed by atoms with Gasteiger partial charge in [0.25, 0.3) is 0 Å². The summed E-state index contributed by atoms with van der Waals surface area (Å²) in [5, 5.41) is 21.9. The first kappa shape index (κ1) is 25.1. The minimum Gasteiger partial charge on any atom is -0.489 e. The molecule has 2 aromatic heterocycles. The van der Waals surface area contributed by atoms with Gasteiger partial charge in [-0.3, -0.25) is 0 Å². The molecule has 39 heavy (non-hydrogen) atoms. The monoisotopic (exact) mass is 555 g/mol. The maximum atomic E-state index is 6.47. The Labute approximate surface area is 234 Å². The summed E-state index contributed by atoms with van der Waals surface area (Å²) in [5.41, 5.74) is 5.17. The summed E-state index contributed by atoms with van der Waals surface area (Å²) < 4.78 is 11.9. The smallest absolute Gasteiger partial charge is 0.205 e. The van der Waals surface area contributed by atoms with Crippen molar-refractivity contribution >= 4 is 34.0 Å². The summed E-state index contributed by atoms with van der Waals surface area (Å²) in [6.07, 6.45) is 0. The highest BCUT2D eigenvalue weighted by Gasteiger charge is 2.23. The van der Waals surface area contributed by atoms with E-state index in [1.165, 1.54) is 0 Å². The molecule has 194 valence electrons. The Hall–Kier alpha value is -4.20. The van der Waals surface area contributed by atoms with E-state index in [1.807, 2.05) is 50.2 Å². The third kappa shape index (κ3) is 4.87. The molecule has 6 aromatic rings. The quantitative estimate of drug-likeness (QED) is 0.213. The molecule has 7 nitrogen and oxygen atoms in total. The molecule has 0 unspecified atom stereocenters. The van der Waals surface area contributed by atoms with E-state index in [0.29, 0.717) is 27.1 Å². The minimum atomic E-state index is 0.113. The number of hydrogen-bond donors (Lipinski definition) is 1. The Bertz CT molecular complexity index is 1740. The van der Waals surface area contributed by atoms with Crippen molar-refractivity contribution in [3.63, 3.8) is 0 Å². The molecule has 2 heterocycles. The van der Waals surface area contributed by atoms with Crippen LogP contribution in [0.1, 0.15) is 31.1 Å². The van der Waals surface area contributed by atoms with Gasteiger partial charge in [-0.05, 0) is 57.4 Å². The number of aromatic amines is 1. The van der Waals surface area contributed by atoms with Crippen molar-refractivity contribution in [3.8, 4) is 39.5 Å². The van der Waals surface area contributed by atoms with Gasteiger partial charge in [0.2, 0.25) is 5.82 Å². The Morgan fingerprint density at radius 1 is 0.897 bits per heavy atom. The second-order valence-corrected chi connectivity index (χ2v) is 10.2. The van der Waals surface area contributed by atoms with Crippen LogP contribution in [0.25, 0.3) is 44.5 Å². The van der Waals surface area contributed by atoms with Crippen LogP contribution >= 0.6 is 23.2 Å². The number of H-pyrrole nitrogens is 1. The molecule has 0 saturated carbocycles. The molecule has 0 spiro atoms.